The third kappa shape index (κ3) is 3.55. The van der Waals surface area contributed by atoms with Gasteiger partial charge < -0.3 is 15.6 Å². The fraction of sp³-hybridized carbons (Fsp3) is 0.400. The number of nitrogens with zero attached hydrogens (tertiary/aromatic N) is 1. The Hall–Kier alpha value is -1.46. The van der Waals surface area contributed by atoms with Crippen molar-refractivity contribution in [3.05, 3.63) is 29.8 Å². The van der Waals surface area contributed by atoms with Crippen LogP contribution >= 0.6 is 11.8 Å². The number of thioether (sulfide) groups is 1. The maximum atomic E-state index is 8.92. The molecule has 0 aliphatic heterocycles. The highest BCUT2D eigenvalue weighted by atomic mass is 32.2. The van der Waals surface area contributed by atoms with Gasteiger partial charge in [0.1, 0.15) is 11.6 Å². The van der Waals surface area contributed by atoms with Gasteiger partial charge in [0.15, 0.2) is 0 Å². The van der Waals surface area contributed by atoms with Crippen LogP contribution in [0.1, 0.15) is 18.9 Å². The van der Waals surface area contributed by atoms with Crippen molar-refractivity contribution in [1.82, 2.24) is 4.98 Å². The smallest absolute Gasteiger partial charge is 0.128 e. The zero-order valence-electron chi connectivity index (χ0n) is 11.8. The summed E-state index contributed by atoms with van der Waals surface area (Å²) in [5.74, 6) is 2.15. The van der Waals surface area contributed by atoms with E-state index in [0.717, 1.165) is 34.4 Å². The molecular weight excluding hydrogens is 272 g/mol. The van der Waals surface area contributed by atoms with Crippen LogP contribution in [0, 0.1) is 0 Å². The number of hydrogen-bond acceptors (Lipinski definition) is 5. The van der Waals surface area contributed by atoms with Crippen LogP contribution in [-0.4, -0.2) is 29.1 Å². The molecule has 0 bridgehead atoms. The van der Waals surface area contributed by atoms with Gasteiger partial charge in [-0.25, -0.2) is 4.98 Å². The Labute approximate surface area is 123 Å². The van der Waals surface area contributed by atoms with Crippen molar-refractivity contribution in [1.29, 1.82) is 0 Å². The molecule has 0 fully saturated rings. The predicted octanol–water partition coefficient (Wildman–Crippen LogP) is 2.83. The lowest BCUT2D eigenvalue weighted by atomic mass is 10.1. The van der Waals surface area contributed by atoms with Crippen LogP contribution < -0.4 is 10.5 Å². The van der Waals surface area contributed by atoms with E-state index in [1.54, 1.807) is 18.9 Å². The van der Waals surface area contributed by atoms with Crippen LogP contribution in [0.25, 0.3) is 10.9 Å². The first kappa shape index (κ1) is 14.9. The van der Waals surface area contributed by atoms with Crippen LogP contribution in [0.15, 0.2) is 24.3 Å². The maximum absolute atomic E-state index is 8.92. The van der Waals surface area contributed by atoms with Crippen LogP contribution in [0.4, 0.5) is 5.82 Å². The standard InChI is InChI=1S/C15H20N2O2S/c1-10(5-6-18)20-9-12-7-11-3-4-13(19-2)8-14(11)17-15(12)16/h3-4,7-8,10,18H,5-6,9H2,1-2H3,(H2,16,17). The summed E-state index contributed by atoms with van der Waals surface area (Å²) in [5.41, 5.74) is 7.91. The van der Waals surface area contributed by atoms with Crippen LogP contribution in [-0.2, 0) is 5.75 Å². The van der Waals surface area contributed by atoms with Crippen molar-refractivity contribution >= 4 is 28.5 Å². The number of aliphatic hydroxyl groups is 1. The third-order valence-electron chi connectivity index (χ3n) is 3.20. The molecule has 1 unspecified atom stereocenters. The molecule has 108 valence electrons. The molecule has 1 heterocycles. The average molecular weight is 292 g/mol. The molecule has 2 aromatic rings. The molecular formula is C15H20N2O2S. The van der Waals surface area contributed by atoms with E-state index < -0.39 is 0 Å². The molecule has 3 N–H and O–H groups in total. The van der Waals surface area contributed by atoms with Crippen molar-refractivity contribution in [3.63, 3.8) is 0 Å². The van der Waals surface area contributed by atoms with Crippen molar-refractivity contribution < 1.29 is 9.84 Å². The minimum Gasteiger partial charge on any atom is -0.497 e. The first-order valence-electron chi connectivity index (χ1n) is 6.59. The Kier molecular flexibility index (Phi) is 5.09. The summed E-state index contributed by atoms with van der Waals surface area (Å²) in [4.78, 5) is 4.44. The molecule has 4 nitrogen and oxygen atoms in total. The Bertz CT molecular complexity index is 589. The number of nitrogens with two attached hydrogens (primary N) is 1. The summed E-state index contributed by atoms with van der Waals surface area (Å²) in [6.07, 6.45) is 0.794. The SMILES string of the molecule is COc1ccc2cc(CSC(C)CCO)c(N)nc2c1. The van der Waals surface area contributed by atoms with E-state index >= 15 is 0 Å². The second-order valence-electron chi connectivity index (χ2n) is 4.73. The van der Waals surface area contributed by atoms with Gasteiger partial charge in [0.2, 0.25) is 0 Å². The highest BCUT2D eigenvalue weighted by Crippen LogP contribution is 2.27. The fourth-order valence-electron chi connectivity index (χ4n) is 1.95. The van der Waals surface area contributed by atoms with Crippen molar-refractivity contribution in [2.75, 3.05) is 19.5 Å². The average Bonchev–Trinajstić information content (AvgIpc) is 2.44. The zero-order chi connectivity index (χ0) is 14.5. The lowest BCUT2D eigenvalue weighted by molar-refractivity contribution is 0.289. The van der Waals surface area contributed by atoms with E-state index in [0.29, 0.717) is 11.1 Å². The molecule has 0 aliphatic rings. The molecule has 5 heteroatoms. The Morgan fingerprint density at radius 2 is 2.20 bits per heavy atom. The van der Waals surface area contributed by atoms with Gasteiger partial charge in [0.05, 0.1) is 12.6 Å². The van der Waals surface area contributed by atoms with Crippen molar-refractivity contribution in [2.24, 2.45) is 0 Å². The Morgan fingerprint density at radius 3 is 2.90 bits per heavy atom. The lowest BCUT2D eigenvalue weighted by Gasteiger charge is -2.11. The molecule has 0 spiro atoms. The number of benzene rings is 1. The van der Waals surface area contributed by atoms with Crippen molar-refractivity contribution in [2.45, 2.75) is 24.3 Å². The number of nitrogen functional groups attached to an aromatic ring is 1. The third-order valence-corrected chi connectivity index (χ3v) is 4.48. The lowest BCUT2D eigenvalue weighted by Crippen LogP contribution is -2.02. The quantitative estimate of drug-likeness (QED) is 0.857. The Morgan fingerprint density at radius 1 is 1.40 bits per heavy atom. The number of ether oxygens (including phenoxy) is 1. The fourth-order valence-corrected chi connectivity index (χ4v) is 2.91. The molecule has 1 atom stereocenters. The number of hydrogen-bond donors (Lipinski definition) is 2. The molecule has 0 amide bonds. The zero-order valence-corrected chi connectivity index (χ0v) is 12.6. The van der Waals surface area contributed by atoms with Gasteiger partial charge in [0, 0.05) is 34.6 Å². The molecule has 0 radical (unpaired) electrons. The molecule has 0 saturated heterocycles. The molecule has 1 aromatic carbocycles. The minimum atomic E-state index is 0.222. The molecule has 20 heavy (non-hydrogen) atoms. The number of anilines is 1. The van der Waals surface area contributed by atoms with Gasteiger partial charge >= 0.3 is 0 Å². The topological polar surface area (TPSA) is 68.4 Å². The Balaban J connectivity index is 2.20. The van der Waals surface area contributed by atoms with E-state index in [1.165, 1.54) is 0 Å². The highest BCUT2D eigenvalue weighted by Gasteiger charge is 2.08. The second kappa shape index (κ2) is 6.81. The van der Waals surface area contributed by atoms with E-state index in [4.69, 9.17) is 15.6 Å². The number of pyridine rings is 1. The number of fused-ring (bicyclic) bond motifs is 1. The van der Waals surface area contributed by atoms with Gasteiger partial charge in [-0.3, -0.25) is 0 Å². The first-order valence-corrected chi connectivity index (χ1v) is 7.64. The van der Waals surface area contributed by atoms with Gasteiger partial charge in [-0.1, -0.05) is 6.92 Å². The predicted molar refractivity (Wildman–Crippen MR) is 85.2 cm³/mol. The van der Waals surface area contributed by atoms with Crippen LogP contribution in [0.2, 0.25) is 0 Å². The maximum Gasteiger partial charge on any atom is 0.128 e. The summed E-state index contributed by atoms with van der Waals surface area (Å²) in [5, 5.41) is 10.4. The summed E-state index contributed by atoms with van der Waals surface area (Å²) in [7, 11) is 1.64. The highest BCUT2D eigenvalue weighted by molar-refractivity contribution is 7.99. The summed E-state index contributed by atoms with van der Waals surface area (Å²) < 4.78 is 5.19. The molecule has 0 saturated carbocycles. The van der Waals surface area contributed by atoms with E-state index in [-0.39, 0.29) is 6.61 Å². The van der Waals surface area contributed by atoms with E-state index in [9.17, 15) is 0 Å². The van der Waals surface area contributed by atoms with Crippen LogP contribution in [0.5, 0.6) is 5.75 Å². The molecule has 2 rings (SSSR count). The van der Waals surface area contributed by atoms with Gasteiger partial charge in [-0.05, 0) is 24.6 Å². The van der Waals surface area contributed by atoms with E-state index in [2.05, 4.69) is 18.0 Å². The number of aromatic nitrogens is 1. The number of rotatable bonds is 6. The molecule has 0 aliphatic carbocycles. The normalized spacial score (nSPS) is 12.6. The summed E-state index contributed by atoms with van der Waals surface area (Å²) in [6.45, 7) is 2.33. The monoisotopic (exact) mass is 292 g/mol. The summed E-state index contributed by atoms with van der Waals surface area (Å²) in [6, 6.07) is 7.88. The van der Waals surface area contributed by atoms with Gasteiger partial charge in [-0.15, -0.1) is 0 Å². The van der Waals surface area contributed by atoms with Gasteiger partial charge in [-0.2, -0.15) is 11.8 Å². The molecule has 1 aromatic heterocycles. The second-order valence-corrected chi connectivity index (χ2v) is 6.15. The van der Waals surface area contributed by atoms with Crippen LogP contribution in [0.3, 0.4) is 0 Å². The number of methoxy groups -OCH3 is 1. The van der Waals surface area contributed by atoms with Crippen molar-refractivity contribution in [3.8, 4) is 5.75 Å². The number of aliphatic hydroxyl groups excluding tert-OH is 1. The minimum absolute atomic E-state index is 0.222. The van der Waals surface area contributed by atoms with E-state index in [1.807, 2.05) is 18.2 Å². The summed E-state index contributed by atoms with van der Waals surface area (Å²) >= 11 is 1.78. The van der Waals surface area contributed by atoms with Gasteiger partial charge in [0.25, 0.3) is 0 Å². The first-order chi connectivity index (χ1) is 9.63. The largest absolute Gasteiger partial charge is 0.497 e.